The highest BCUT2D eigenvalue weighted by Gasteiger charge is 2.16. The maximum Gasteiger partial charge on any atom is 0.225 e. The minimum Gasteiger partial charge on any atom is -0.378 e. The molecule has 126 valence electrons. The van der Waals surface area contributed by atoms with Crippen molar-refractivity contribution in [2.24, 2.45) is 5.92 Å². The molecule has 3 rings (SSSR count). The molecule has 1 aliphatic heterocycles. The van der Waals surface area contributed by atoms with E-state index >= 15 is 0 Å². The van der Waals surface area contributed by atoms with E-state index in [1.54, 1.807) is 12.4 Å². The maximum atomic E-state index is 12.0. The molecule has 6 nitrogen and oxygen atoms in total. The SMILES string of the molecule is O=C(CCC1CCCCC1)Nc1cnc(N2CCOCC2)nc1. The zero-order chi connectivity index (χ0) is 15.9. The third kappa shape index (κ3) is 4.89. The van der Waals surface area contributed by atoms with Crippen LogP contribution in [0, 0.1) is 5.92 Å². The smallest absolute Gasteiger partial charge is 0.225 e. The second-order valence-corrected chi connectivity index (χ2v) is 6.46. The number of nitrogens with zero attached hydrogens (tertiary/aromatic N) is 3. The minimum atomic E-state index is 0.0679. The fraction of sp³-hybridized carbons (Fsp3) is 0.706. The maximum absolute atomic E-state index is 12.0. The van der Waals surface area contributed by atoms with Crippen LogP contribution in [-0.2, 0) is 9.53 Å². The molecular formula is C17H26N4O2. The first kappa shape index (κ1) is 16.2. The van der Waals surface area contributed by atoms with E-state index in [2.05, 4.69) is 20.2 Å². The molecule has 1 aliphatic carbocycles. The highest BCUT2D eigenvalue weighted by atomic mass is 16.5. The van der Waals surface area contributed by atoms with Gasteiger partial charge in [0.1, 0.15) is 0 Å². The van der Waals surface area contributed by atoms with Crippen LogP contribution in [0.15, 0.2) is 12.4 Å². The molecule has 23 heavy (non-hydrogen) atoms. The van der Waals surface area contributed by atoms with Crippen LogP contribution in [0.1, 0.15) is 44.9 Å². The lowest BCUT2D eigenvalue weighted by Crippen LogP contribution is -2.37. The van der Waals surface area contributed by atoms with Crippen LogP contribution in [0.5, 0.6) is 0 Å². The molecule has 1 saturated carbocycles. The van der Waals surface area contributed by atoms with Crippen molar-refractivity contribution in [3.8, 4) is 0 Å². The number of morpholine rings is 1. The van der Waals surface area contributed by atoms with E-state index in [1.807, 2.05) is 0 Å². The van der Waals surface area contributed by atoms with E-state index < -0.39 is 0 Å². The summed E-state index contributed by atoms with van der Waals surface area (Å²) >= 11 is 0. The molecule has 1 aromatic rings. The molecule has 0 bridgehead atoms. The molecule has 0 radical (unpaired) electrons. The Morgan fingerprint density at radius 2 is 1.87 bits per heavy atom. The third-order valence-corrected chi connectivity index (χ3v) is 4.72. The Morgan fingerprint density at radius 1 is 1.17 bits per heavy atom. The fourth-order valence-electron chi connectivity index (χ4n) is 3.35. The summed E-state index contributed by atoms with van der Waals surface area (Å²) in [6.07, 6.45) is 11.5. The quantitative estimate of drug-likeness (QED) is 0.904. The van der Waals surface area contributed by atoms with Crippen molar-refractivity contribution in [1.29, 1.82) is 0 Å². The predicted octanol–water partition coefficient (Wildman–Crippen LogP) is 2.61. The molecule has 0 atom stereocenters. The van der Waals surface area contributed by atoms with Crippen molar-refractivity contribution < 1.29 is 9.53 Å². The normalized spacial score (nSPS) is 19.6. The van der Waals surface area contributed by atoms with Gasteiger partial charge in [-0.25, -0.2) is 9.97 Å². The van der Waals surface area contributed by atoms with Crippen LogP contribution >= 0.6 is 0 Å². The van der Waals surface area contributed by atoms with Gasteiger partial charge in [0.25, 0.3) is 0 Å². The summed E-state index contributed by atoms with van der Waals surface area (Å²) in [5.74, 6) is 1.50. The van der Waals surface area contributed by atoms with E-state index in [-0.39, 0.29) is 5.91 Å². The van der Waals surface area contributed by atoms with Crippen molar-refractivity contribution >= 4 is 17.5 Å². The summed E-state index contributed by atoms with van der Waals surface area (Å²) in [5.41, 5.74) is 0.677. The first-order chi connectivity index (χ1) is 11.3. The number of ether oxygens (including phenoxy) is 1. The van der Waals surface area contributed by atoms with Crippen LogP contribution < -0.4 is 10.2 Å². The number of anilines is 2. The Kier molecular flexibility index (Phi) is 5.80. The van der Waals surface area contributed by atoms with Crippen molar-refractivity contribution in [3.05, 3.63) is 12.4 Å². The Labute approximate surface area is 137 Å². The van der Waals surface area contributed by atoms with Gasteiger partial charge in [-0.3, -0.25) is 4.79 Å². The molecule has 1 N–H and O–H groups in total. The Hall–Kier alpha value is -1.69. The van der Waals surface area contributed by atoms with Crippen molar-refractivity contribution in [3.63, 3.8) is 0 Å². The Morgan fingerprint density at radius 3 is 2.57 bits per heavy atom. The van der Waals surface area contributed by atoms with Gasteiger partial charge >= 0.3 is 0 Å². The predicted molar refractivity (Wildman–Crippen MR) is 89.5 cm³/mol. The second-order valence-electron chi connectivity index (χ2n) is 6.46. The number of hydrogen-bond donors (Lipinski definition) is 1. The van der Waals surface area contributed by atoms with Crippen LogP contribution in [0.25, 0.3) is 0 Å². The van der Waals surface area contributed by atoms with E-state index in [4.69, 9.17) is 4.74 Å². The zero-order valence-corrected chi connectivity index (χ0v) is 13.7. The molecule has 0 spiro atoms. The van der Waals surface area contributed by atoms with Crippen molar-refractivity contribution in [2.75, 3.05) is 36.5 Å². The fourth-order valence-corrected chi connectivity index (χ4v) is 3.35. The highest BCUT2D eigenvalue weighted by Crippen LogP contribution is 2.27. The van der Waals surface area contributed by atoms with Gasteiger partial charge in [0.2, 0.25) is 11.9 Å². The first-order valence-electron chi connectivity index (χ1n) is 8.76. The van der Waals surface area contributed by atoms with Gasteiger partial charge < -0.3 is 15.0 Å². The second kappa shape index (κ2) is 8.24. The monoisotopic (exact) mass is 318 g/mol. The third-order valence-electron chi connectivity index (χ3n) is 4.72. The molecule has 2 fully saturated rings. The summed E-state index contributed by atoms with van der Waals surface area (Å²) in [5, 5.41) is 2.90. The molecule has 2 heterocycles. The number of aromatic nitrogens is 2. The van der Waals surface area contributed by atoms with Crippen LogP contribution in [0.3, 0.4) is 0 Å². The van der Waals surface area contributed by atoms with Gasteiger partial charge in [-0.2, -0.15) is 0 Å². The number of carbonyl (C=O) groups is 1. The summed E-state index contributed by atoms with van der Waals surface area (Å²) in [4.78, 5) is 22.8. The van der Waals surface area contributed by atoms with E-state index in [9.17, 15) is 4.79 Å². The largest absolute Gasteiger partial charge is 0.378 e. The lowest BCUT2D eigenvalue weighted by atomic mass is 9.86. The van der Waals surface area contributed by atoms with E-state index in [0.717, 1.165) is 25.4 Å². The van der Waals surface area contributed by atoms with Crippen molar-refractivity contribution in [2.45, 2.75) is 44.9 Å². The molecular weight excluding hydrogens is 292 g/mol. The average Bonchev–Trinajstić information content (AvgIpc) is 2.62. The van der Waals surface area contributed by atoms with E-state index in [0.29, 0.717) is 31.3 Å². The van der Waals surface area contributed by atoms with Crippen LogP contribution in [0.2, 0.25) is 0 Å². The number of rotatable bonds is 5. The van der Waals surface area contributed by atoms with Crippen molar-refractivity contribution in [1.82, 2.24) is 9.97 Å². The van der Waals surface area contributed by atoms with Gasteiger partial charge in [-0.15, -0.1) is 0 Å². The first-order valence-corrected chi connectivity index (χ1v) is 8.76. The van der Waals surface area contributed by atoms with Crippen LogP contribution in [-0.4, -0.2) is 42.2 Å². The van der Waals surface area contributed by atoms with Crippen LogP contribution in [0.4, 0.5) is 11.6 Å². The molecule has 6 heteroatoms. The molecule has 2 aliphatic rings. The van der Waals surface area contributed by atoms with E-state index in [1.165, 1.54) is 32.1 Å². The highest BCUT2D eigenvalue weighted by molar-refractivity contribution is 5.90. The summed E-state index contributed by atoms with van der Waals surface area (Å²) in [6.45, 7) is 3.05. The lowest BCUT2D eigenvalue weighted by Gasteiger charge is -2.26. The Balaban J connectivity index is 1.44. The number of amides is 1. The molecule has 1 saturated heterocycles. The molecule has 0 aromatic carbocycles. The molecule has 1 amide bonds. The lowest BCUT2D eigenvalue weighted by molar-refractivity contribution is -0.116. The Bertz CT molecular complexity index is 494. The zero-order valence-electron chi connectivity index (χ0n) is 13.7. The van der Waals surface area contributed by atoms with Gasteiger partial charge in [0.05, 0.1) is 31.3 Å². The van der Waals surface area contributed by atoms with Gasteiger partial charge in [0, 0.05) is 19.5 Å². The van der Waals surface area contributed by atoms with Gasteiger partial charge in [0.15, 0.2) is 0 Å². The number of carbonyl (C=O) groups excluding carboxylic acids is 1. The minimum absolute atomic E-state index is 0.0679. The van der Waals surface area contributed by atoms with Gasteiger partial charge in [-0.05, 0) is 12.3 Å². The molecule has 0 unspecified atom stereocenters. The topological polar surface area (TPSA) is 67.4 Å². The van der Waals surface area contributed by atoms with Gasteiger partial charge in [-0.1, -0.05) is 32.1 Å². The summed E-state index contributed by atoms with van der Waals surface area (Å²) < 4.78 is 5.32. The summed E-state index contributed by atoms with van der Waals surface area (Å²) in [6, 6.07) is 0. The average molecular weight is 318 g/mol. The molecule has 1 aromatic heterocycles. The number of hydrogen-bond acceptors (Lipinski definition) is 5. The summed E-state index contributed by atoms with van der Waals surface area (Å²) in [7, 11) is 0. The number of nitrogens with one attached hydrogen (secondary N) is 1. The standard InChI is InChI=1S/C17H26N4O2/c22-16(7-6-14-4-2-1-3-5-14)20-15-12-18-17(19-13-15)21-8-10-23-11-9-21/h12-14H,1-11H2,(H,20,22).